The average Bonchev–Trinajstić information content (AvgIpc) is 3.28. The lowest BCUT2D eigenvalue weighted by molar-refractivity contribution is -0.0214. The number of rotatable bonds is 4. The molecule has 2 bridgehead atoms. The number of hydroxylamine groups is 1. The van der Waals surface area contributed by atoms with Crippen molar-refractivity contribution in [2.45, 2.75) is 12.9 Å². The molecule has 0 saturated carbocycles. The van der Waals surface area contributed by atoms with Crippen molar-refractivity contribution in [3.8, 4) is 11.5 Å². The molecule has 1 atom stereocenters. The summed E-state index contributed by atoms with van der Waals surface area (Å²) in [5.41, 5.74) is 6.18. The zero-order valence-electron chi connectivity index (χ0n) is 15.2. The van der Waals surface area contributed by atoms with Gasteiger partial charge in [-0.3, -0.25) is 4.90 Å². The molecule has 0 amide bonds. The summed E-state index contributed by atoms with van der Waals surface area (Å²) in [6.07, 6.45) is 1.73. The number of aliphatic imine (C=N–C) groups is 1. The fraction of sp³-hybridized carbons (Fsp3) is 0.211. The molecular weight excluding hydrogens is 365 g/mol. The summed E-state index contributed by atoms with van der Waals surface area (Å²) >= 11 is 0. The lowest BCUT2D eigenvalue weighted by Crippen LogP contribution is -2.51. The molecule has 3 aliphatic heterocycles. The summed E-state index contributed by atoms with van der Waals surface area (Å²) in [7, 11) is 1.42. The Morgan fingerprint density at radius 1 is 1.29 bits per heavy atom. The third kappa shape index (κ3) is 2.43. The van der Waals surface area contributed by atoms with E-state index >= 15 is 0 Å². The highest BCUT2D eigenvalue weighted by Crippen LogP contribution is 2.42. The van der Waals surface area contributed by atoms with E-state index in [1.807, 2.05) is 30.0 Å². The predicted octanol–water partition coefficient (Wildman–Crippen LogP) is 2.98. The highest BCUT2D eigenvalue weighted by molar-refractivity contribution is 5.85. The van der Waals surface area contributed by atoms with Crippen LogP contribution >= 0.6 is 0 Å². The minimum Gasteiger partial charge on any atom is -0.494 e. The van der Waals surface area contributed by atoms with E-state index in [1.165, 1.54) is 13.2 Å². The highest BCUT2D eigenvalue weighted by Gasteiger charge is 2.49. The number of allylic oxidation sites excluding steroid dienone is 1. The van der Waals surface area contributed by atoms with Gasteiger partial charge in [-0.15, -0.1) is 0 Å². The maximum atomic E-state index is 13.8. The molecule has 0 spiro atoms. The number of hydrogen-bond acceptors (Lipinski definition) is 8. The zero-order valence-corrected chi connectivity index (χ0v) is 15.2. The molecule has 8 nitrogen and oxygen atoms in total. The number of benzene rings is 2. The first-order chi connectivity index (χ1) is 13.6. The van der Waals surface area contributed by atoms with E-state index < -0.39 is 11.8 Å². The molecule has 2 aromatic carbocycles. The molecule has 28 heavy (non-hydrogen) atoms. The van der Waals surface area contributed by atoms with Crippen molar-refractivity contribution in [1.82, 2.24) is 5.48 Å². The van der Waals surface area contributed by atoms with Crippen LogP contribution in [0.5, 0.6) is 11.5 Å². The van der Waals surface area contributed by atoms with Gasteiger partial charge in [-0.25, -0.2) is 19.7 Å². The van der Waals surface area contributed by atoms with Crippen molar-refractivity contribution in [3.05, 3.63) is 53.6 Å². The van der Waals surface area contributed by atoms with E-state index in [9.17, 15) is 4.39 Å². The van der Waals surface area contributed by atoms with Crippen LogP contribution in [-0.2, 0) is 4.84 Å². The van der Waals surface area contributed by atoms with Crippen LogP contribution in [0.4, 0.5) is 21.5 Å². The van der Waals surface area contributed by atoms with Gasteiger partial charge in [-0.2, -0.15) is 0 Å². The number of anilines is 3. The van der Waals surface area contributed by atoms with Gasteiger partial charge < -0.3 is 20.1 Å². The molecule has 1 fully saturated rings. The van der Waals surface area contributed by atoms with Gasteiger partial charge in [0.15, 0.2) is 18.3 Å². The first kappa shape index (κ1) is 16.7. The number of nitrogens with one attached hydrogen (secondary N) is 3. The summed E-state index contributed by atoms with van der Waals surface area (Å²) in [6, 6.07) is 10.3. The Hall–Kier alpha value is -3.46. The number of fused-ring (bicyclic) bond motifs is 3. The van der Waals surface area contributed by atoms with Crippen molar-refractivity contribution < 1.29 is 18.7 Å². The Morgan fingerprint density at radius 2 is 2.18 bits per heavy atom. The molecule has 9 heteroatoms. The molecule has 0 aliphatic carbocycles. The SMILES string of the molecule is COc1cc(NC23N=CC(C)=C(NO2)N3c2ccc3c(c2)NCO3)ccc1F. The number of methoxy groups -OCH3 is 1. The fourth-order valence-corrected chi connectivity index (χ4v) is 3.40. The normalized spacial score (nSPS) is 21.8. The molecular formula is C19H18FN5O3. The summed E-state index contributed by atoms with van der Waals surface area (Å²) in [5, 5.41) is 6.42. The molecule has 1 saturated heterocycles. The molecule has 5 rings (SSSR count). The highest BCUT2D eigenvalue weighted by atomic mass is 19.1. The number of nitrogens with zero attached hydrogens (tertiary/aromatic N) is 2. The van der Waals surface area contributed by atoms with Crippen molar-refractivity contribution in [2.75, 3.05) is 29.4 Å². The second-order valence-electron chi connectivity index (χ2n) is 6.56. The van der Waals surface area contributed by atoms with Crippen LogP contribution in [0.25, 0.3) is 0 Å². The van der Waals surface area contributed by atoms with Crippen LogP contribution in [0.1, 0.15) is 6.92 Å². The lowest BCUT2D eigenvalue weighted by atomic mass is 10.2. The van der Waals surface area contributed by atoms with Crippen molar-refractivity contribution in [2.24, 2.45) is 4.99 Å². The lowest BCUT2D eigenvalue weighted by Gasteiger charge is -2.36. The van der Waals surface area contributed by atoms with Crippen LogP contribution in [0.2, 0.25) is 0 Å². The molecule has 2 aromatic rings. The van der Waals surface area contributed by atoms with Crippen LogP contribution in [0.15, 0.2) is 52.8 Å². The monoisotopic (exact) mass is 383 g/mol. The second kappa shape index (κ2) is 6.03. The Kier molecular flexibility index (Phi) is 3.59. The van der Waals surface area contributed by atoms with Crippen molar-refractivity contribution in [1.29, 1.82) is 0 Å². The predicted molar refractivity (Wildman–Crippen MR) is 103 cm³/mol. The smallest absolute Gasteiger partial charge is 0.351 e. The number of halogens is 1. The Balaban J connectivity index is 1.56. The molecule has 3 aliphatic rings. The van der Waals surface area contributed by atoms with Gasteiger partial charge in [-0.1, -0.05) is 0 Å². The van der Waals surface area contributed by atoms with E-state index in [1.54, 1.807) is 18.3 Å². The minimum absolute atomic E-state index is 0.129. The Morgan fingerprint density at radius 3 is 3.04 bits per heavy atom. The summed E-state index contributed by atoms with van der Waals surface area (Å²) in [4.78, 5) is 12.3. The maximum absolute atomic E-state index is 13.8. The molecule has 144 valence electrons. The van der Waals surface area contributed by atoms with Gasteiger partial charge in [-0.05, 0) is 37.3 Å². The molecule has 3 heterocycles. The van der Waals surface area contributed by atoms with Crippen molar-refractivity contribution in [3.63, 3.8) is 0 Å². The van der Waals surface area contributed by atoms with Gasteiger partial charge >= 0.3 is 5.97 Å². The van der Waals surface area contributed by atoms with E-state index in [4.69, 9.17) is 14.3 Å². The largest absolute Gasteiger partial charge is 0.494 e. The topological polar surface area (TPSA) is 79.4 Å². The summed E-state index contributed by atoms with van der Waals surface area (Å²) in [6.45, 7) is 2.37. The average molecular weight is 383 g/mol. The van der Waals surface area contributed by atoms with Crippen molar-refractivity contribution >= 4 is 23.3 Å². The third-order valence-corrected chi connectivity index (χ3v) is 4.79. The number of ether oxygens (including phenoxy) is 2. The minimum atomic E-state index is -1.27. The zero-order chi connectivity index (χ0) is 19.3. The Bertz CT molecular complexity index is 1020. The molecule has 3 N–H and O–H groups in total. The van der Waals surface area contributed by atoms with Crippen LogP contribution in [0.3, 0.4) is 0 Å². The van der Waals surface area contributed by atoms with E-state index in [0.717, 1.165) is 28.5 Å². The molecule has 0 radical (unpaired) electrons. The fourth-order valence-electron chi connectivity index (χ4n) is 3.40. The Labute approximate surface area is 160 Å². The van der Waals surface area contributed by atoms with Crippen LogP contribution < -0.4 is 30.5 Å². The van der Waals surface area contributed by atoms with Gasteiger partial charge in [0, 0.05) is 23.5 Å². The first-order valence-electron chi connectivity index (χ1n) is 8.72. The second-order valence-corrected chi connectivity index (χ2v) is 6.56. The van der Waals surface area contributed by atoms with Gasteiger partial charge in [0.2, 0.25) is 0 Å². The van der Waals surface area contributed by atoms with Crippen LogP contribution in [0, 0.1) is 5.82 Å². The number of hydrogen-bond donors (Lipinski definition) is 3. The van der Waals surface area contributed by atoms with E-state index in [-0.39, 0.29) is 5.75 Å². The van der Waals surface area contributed by atoms with E-state index in [2.05, 4.69) is 21.1 Å². The summed E-state index contributed by atoms with van der Waals surface area (Å²) in [5.74, 6) is -0.0339. The van der Waals surface area contributed by atoms with Gasteiger partial charge in [0.1, 0.15) is 11.6 Å². The van der Waals surface area contributed by atoms with Crippen LogP contribution in [-0.4, -0.2) is 26.0 Å². The summed E-state index contributed by atoms with van der Waals surface area (Å²) < 4.78 is 24.4. The van der Waals surface area contributed by atoms with E-state index in [0.29, 0.717) is 12.4 Å². The first-order valence-corrected chi connectivity index (χ1v) is 8.72. The van der Waals surface area contributed by atoms with Gasteiger partial charge in [0.05, 0.1) is 18.5 Å². The quantitative estimate of drug-likeness (QED) is 0.749. The molecule has 1 unspecified atom stereocenters. The third-order valence-electron chi connectivity index (χ3n) is 4.79. The van der Waals surface area contributed by atoms with Gasteiger partial charge in [0.25, 0.3) is 0 Å². The maximum Gasteiger partial charge on any atom is 0.351 e. The molecule has 0 aromatic heterocycles. The standard InChI is InChI=1S/C19H18FN5O3/c1-11-9-22-19(23-12-3-5-14(20)17(7-12)26-2)25(18(11)24-28-19)13-4-6-16-15(8-13)21-10-27-16/h3-9,21,23-24H,10H2,1-2H3.